The van der Waals surface area contributed by atoms with Crippen LogP contribution in [0.25, 0.3) is 0 Å². The zero-order chi connectivity index (χ0) is 16.5. The highest BCUT2D eigenvalue weighted by molar-refractivity contribution is 5.71. The number of nitrogens with one attached hydrogen (secondary N) is 1. The summed E-state index contributed by atoms with van der Waals surface area (Å²) in [5.41, 5.74) is -0.637. The van der Waals surface area contributed by atoms with Crippen molar-refractivity contribution in [2.45, 2.75) is 72.1 Å². The minimum Gasteiger partial charge on any atom is -0.444 e. The molecule has 0 heterocycles. The van der Waals surface area contributed by atoms with E-state index in [0.29, 0.717) is 6.42 Å². The fraction of sp³-hybridized carbons (Fsp3) is 0.867. The lowest BCUT2D eigenvalue weighted by Crippen LogP contribution is -2.45. The highest BCUT2D eigenvalue weighted by atomic mass is 16.6. The number of amides is 1. The van der Waals surface area contributed by atoms with Crippen LogP contribution in [0.15, 0.2) is 0 Å². The van der Waals surface area contributed by atoms with Gasteiger partial charge in [0.2, 0.25) is 0 Å². The fourth-order valence-corrected chi connectivity index (χ4v) is 1.53. The smallest absolute Gasteiger partial charge is 0.410 e. The number of aliphatic hydroxyl groups is 1. The quantitative estimate of drug-likeness (QED) is 0.409. The summed E-state index contributed by atoms with van der Waals surface area (Å²) < 4.78 is 10.3. The van der Waals surface area contributed by atoms with Gasteiger partial charge in [-0.3, -0.25) is 10.1 Å². The fourth-order valence-electron chi connectivity index (χ4n) is 1.53. The maximum atomic E-state index is 11.7. The number of ether oxygens (including phenoxy) is 2. The molecule has 0 radical (unpaired) electrons. The molecule has 0 spiro atoms. The van der Waals surface area contributed by atoms with E-state index in [1.807, 2.05) is 6.92 Å². The van der Waals surface area contributed by atoms with Crippen LogP contribution in [0.4, 0.5) is 4.79 Å². The maximum absolute atomic E-state index is 11.7. The number of carbonyl (C=O) groups is 2. The van der Waals surface area contributed by atoms with Crippen molar-refractivity contribution in [1.82, 2.24) is 5.32 Å². The molecular weight excluding hydrogens is 274 g/mol. The van der Waals surface area contributed by atoms with Gasteiger partial charge in [-0.25, -0.2) is 4.79 Å². The van der Waals surface area contributed by atoms with Crippen LogP contribution >= 0.6 is 0 Å². The molecule has 0 fully saturated rings. The zero-order valence-corrected chi connectivity index (χ0v) is 13.8. The number of rotatable bonds is 8. The molecule has 21 heavy (non-hydrogen) atoms. The second kappa shape index (κ2) is 9.60. The lowest BCUT2D eigenvalue weighted by Gasteiger charge is -2.26. The van der Waals surface area contributed by atoms with Crippen molar-refractivity contribution >= 4 is 12.1 Å². The van der Waals surface area contributed by atoms with Crippen LogP contribution in [0.2, 0.25) is 0 Å². The summed E-state index contributed by atoms with van der Waals surface area (Å²) in [5, 5.41) is 11.7. The normalized spacial score (nSPS) is 14.2. The summed E-state index contributed by atoms with van der Waals surface area (Å²) in [7, 11) is 0. The molecule has 0 aliphatic carbocycles. The molecule has 0 saturated carbocycles. The molecule has 0 aliphatic heterocycles. The molecule has 2 atom stereocenters. The van der Waals surface area contributed by atoms with Crippen LogP contribution in [0.1, 0.15) is 60.3 Å². The van der Waals surface area contributed by atoms with Gasteiger partial charge in [-0.2, -0.15) is 0 Å². The van der Waals surface area contributed by atoms with Crippen molar-refractivity contribution in [2.75, 3.05) is 6.61 Å². The van der Waals surface area contributed by atoms with Crippen LogP contribution < -0.4 is 5.32 Å². The second-order valence-electron chi connectivity index (χ2n) is 6.17. The maximum Gasteiger partial charge on any atom is 0.410 e. The molecule has 0 aromatic heterocycles. The number of alkyl carbamates (subject to hydrolysis) is 1. The summed E-state index contributed by atoms with van der Waals surface area (Å²) in [6.07, 6.45) is 1.46. The minimum atomic E-state index is -0.890. The molecule has 124 valence electrons. The van der Waals surface area contributed by atoms with E-state index in [0.717, 1.165) is 19.3 Å². The first-order valence-corrected chi connectivity index (χ1v) is 7.49. The lowest BCUT2D eigenvalue weighted by molar-refractivity contribution is -0.154. The third-order valence-electron chi connectivity index (χ3n) is 2.71. The Kier molecular flexibility index (Phi) is 9.01. The SMILES string of the molecule is CCCCCC(=O)OC(NC(=O)OC(C)(C)C)C(C)CO. The number of aliphatic hydroxyl groups excluding tert-OH is 1. The highest BCUT2D eigenvalue weighted by Gasteiger charge is 2.25. The Balaban J connectivity index is 4.45. The molecule has 0 bridgehead atoms. The van der Waals surface area contributed by atoms with Gasteiger partial charge in [-0.1, -0.05) is 26.7 Å². The van der Waals surface area contributed by atoms with Crippen LogP contribution in [-0.4, -0.2) is 35.6 Å². The summed E-state index contributed by atoms with van der Waals surface area (Å²) in [4.78, 5) is 23.4. The van der Waals surface area contributed by atoms with Gasteiger partial charge in [0.25, 0.3) is 0 Å². The molecule has 0 aliphatic rings. The summed E-state index contributed by atoms with van der Waals surface area (Å²) >= 11 is 0. The third kappa shape index (κ3) is 10.1. The van der Waals surface area contributed by atoms with Gasteiger partial charge in [0.05, 0.1) is 6.61 Å². The van der Waals surface area contributed by atoms with Crippen molar-refractivity contribution < 1.29 is 24.2 Å². The average molecular weight is 303 g/mol. The molecule has 0 aromatic rings. The number of carbonyl (C=O) groups excluding carboxylic acids is 2. The first-order valence-electron chi connectivity index (χ1n) is 7.49. The summed E-state index contributed by atoms with van der Waals surface area (Å²) in [6.45, 7) is 8.76. The van der Waals surface area contributed by atoms with E-state index < -0.39 is 23.8 Å². The molecule has 0 aromatic carbocycles. The number of hydrogen-bond acceptors (Lipinski definition) is 5. The Labute approximate surface area is 127 Å². The minimum absolute atomic E-state index is 0.206. The van der Waals surface area contributed by atoms with E-state index in [2.05, 4.69) is 5.32 Å². The van der Waals surface area contributed by atoms with Gasteiger partial charge in [-0.05, 0) is 27.2 Å². The molecule has 1 amide bonds. The lowest BCUT2D eigenvalue weighted by atomic mass is 10.1. The molecule has 2 N–H and O–H groups in total. The van der Waals surface area contributed by atoms with Gasteiger partial charge in [0.1, 0.15) is 5.60 Å². The zero-order valence-electron chi connectivity index (χ0n) is 13.8. The van der Waals surface area contributed by atoms with Crippen LogP contribution in [-0.2, 0) is 14.3 Å². The predicted octanol–water partition coefficient (Wildman–Crippen LogP) is 2.59. The third-order valence-corrected chi connectivity index (χ3v) is 2.71. The largest absolute Gasteiger partial charge is 0.444 e. The Bertz CT molecular complexity index is 325. The summed E-state index contributed by atoms with van der Waals surface area (Å²) in [5.74, 6) is -0.794. The average Bonchev–Trinajstić information content (AvgIpc) is 2.35. The van der Waals surface area contributed by atoms with E-state index in [4.69, 9.17) is 9.47 Å². The Morgan fingerprint density at radius 2 is 1.86 bits per heavy atom. The Morgan fingerprint density at radius 1 is 1.24 bits per heavy atom. The summed E-state index contributed by atoms with van der Waals surface area (Å²) in [6, 6.07) is 0. The van der Waals surface area contributed by atoms with E-state index in [-0.39, 0.29) is 12.6 Å². The van der Waals surface area contributed by atoms with Crippen molar-refractivity contribution in [3.05, 3.63) is 0 Å². The van der Waals surface area contributed by atoms with Gasteiger partial charge in [0.15, 0.2) is 6.23 Å². The van der Waals surface area contributed by atoms with Crippen molar-refractivity contribution in [2.24, 2.45) is 5.92 Å². The van der Waals surface area contributed by atoms with Crippen LogP contribution in [0, 0.1) is 5.92 Å². The highest BCUT2D eigenvalue weighted by Crippen LogP contribution is 2.11. The Morgan fingerprint density at radius 3 is 2.33 bits per heavy atom. The number of unbranched alkanes of at least 4 members (excludes halogenated alkanes) is 2. The van der Waals surface area contributed by atoms with E-state index >= 15 is 0 Å². The number of esters is 1. The van der Waals surface area contributed by atoms with Crippen molar-refractivity contribution in [3.8, 4) is 0 Å². The van der Waals surface area contributed by atoms with Gasteiger partial charge in [0, 0.05) is 12.3 Å². The van der Waals surface area contributed by atoms with Gasteiger partial charge in [-0.15, -0.1) is 0 Å². The first kappa shape index (κ1) is 19.7. The van der Waals surface area contributed by atoms with Gasteiger partial charge < -0.3 is 14.6 Å². The van der Waals surface area contributed by atoms with E-state index in [1.54, 1.807) is 27.7 Å². The molecule has 6 nitrogen and oxygen atoms in total. The van der Waals surface area contributed by atoms with Gasteiger partial charge >= 0.3 is 12.1 Å². The first-order chi connectivity index (χ1) is 9.69. The van der Waals surface area contributed by atoms with Crippen molar-refractivity contribution in [3.63, 3.8) is 0 Å². The second-order valence-corrected chi connectivity index (χ2v) is 6.17. The molecular formula is C15H29NO5. The monoisotopic (exact) mass is 303 g/mol. The molecule has 2 unspecified atom stereocenters. The van der Waals surface area contributed by atoms with E-state index in [1.165, 1.54) is 0 Å². The number of hydrogen-bond donors (Lipinski definition) is 2. The topological polar surface area (TPSA) is 84.9 Å². The predicted molar refractivity (Wildman–Crippen MR) is 79.6 cm³/mol. The van der Waals surface area contributed by atoms with Crippen LogP contribution in [0.3, 0.4) is 0 Å². The molecule has 0 saturated heterocycles. The van der Waals surface area contributed by atoms with Crippen molar-refractivity contribution in [1.29, 1.82) is 0 Å². The van der Waals surface area contributed by atoms with Crippen LogP contribution in [0.5, 0.6) is 0 Å². The Hall–Kier alpha value is -1.30. The van der Waals surface area contributed by atoms with E-state index in [9.17, 15) is 14.7 Å². The molecule has 6 heteroatoms. The molecule has 0 rings (SSSR count). The standard InChI is InChI=1S/C15H29NO5/c1-6-7-8-9-12(18)20-13(11(2)10-17)16-14(19)21-15(3,4)5/h11,13,17H,6-10H2,1-5H3,(H,16,19).